The number of benzene rings is 2. The number of nitrogens with one attached hydrogen (secondary N) is 1. The molecule has 0 unspecified atom stereocenters. The largest absolute Gasteiger partial charge is 0.486 e. The van der Waals surface area contributed by atoms with Crippen molar-refractivity contribution in [2.24, 2.45) is 0 Å². The van der Waals surface area contributed by atoms with Crippen molar-refractivity contribution < 1.29 is 33.1 Å². The van der Waals surface area contributed by atoms with E-state index in [1.165, 1.54) is 25.1 Å². The molecule has 9 nitrogen and oxygen atoms in total. The van der Waals surface area contributed by atoms with Crippen molar-refractivity contribution in [1.29, 1.82) is 0 Å². The van der Waals surface area contributed by atoms with Gasteiger partial charge in [0.05, 0.1) is 11.0 Å². The second kappa shape index (κ2) is 7.91. The molecule has 146 valence electrons. The number of nitro groups is 1. The van der Waals surface area contributed by atoms with Crippen LogP contribution >= 0.6 is 0 Å². The highest BCUT2D eigenvalue weighted by Crippen LogP contribution is 2.37. The van der Waals surface area contributed by atoms with Crippen molar-refractivity contribution in [3.8, 4) is 11.5 Å². The standard InChI is InChI=1S/C18H15FN2O7/c1-10(17(22)20-12-4-2-3-11(19)7-12)28-18(23)13-8-15-16(27-6-5-26-15)9-14(13)21(24)25/h2-4,7-10H,5-6H2,1H3,(H,20,22)/t10-/m1/s1. The molecule has 0 bridgehead atoms. The number of rotatable bonds is 5. The first-order valence-corrected chi connectivity index (χ1v) is 8.20. The van der Waals surface area contributed by atoms with Crippen LogP contribution in [0.4, 0.5) is 15.8 Å². The topological polar surface area (TPSA) is 117 Å². The summed E-state index contributed by atoms with van der Waals surface area (Å²) in [6.45, 7) is 1.74. The normalized spacial score (nSPS) is 13.4. The van der Waals surface area contributed by atoms with E-state index < -0.39 is 34.4 Å². The lowest BCUT2D eigenvalue weighted by atomic mass is 10.1. The minimum absolute atomic E-state index is 0.145. The molecule has 10 heteroatoms. The summed E-state index contributed by atoms with van der Waals surface area (Å²) in [5, 5.41) is 13.7. The smallest absolute Gasteiger partial charge is 0.346 e. The maximum atomic E-state index is 13.2. The Bertz CT molecular complexity index is 948. The molecule has 2 aromatic rings. The van der Waals surface area contributed by atoms with Crippen molar-refractivity contribution in [2.45, 2.75) is 13.0 Å². The maximum Gasteiger partial charge on any atom is 0.346 e. The molecule has 1 heterocycles. The van der Waals surface area contributed by atoms with Gasteiger partial charge in [0.15, 0.2) is 17.6 Å². The average Bonchev–Trinajstić information content (AvgIpc) is 2.66. The first-order chi connectivity index (χ1) is 13.3. The Morgan fingerprint density at radius 3 is 2.54 bits per heavy atom. The lowest BCUT2D eigenvalue weighted by Gasteiger charge is -2.19. The minimum atomic E-state index is -1.29. The molecule has 0 saturated carbocycles. The number of carbonyl (C=O) groups is 2. The zero-order valence-corrected chi connectivity index (χ0v) is 14.6. The van der Waals surface area contributed by atoms with Crippen LogP contribution in [0.15, 0.2) is 36.4 Å². The summed E-state index contributed by atoms with van der Waals surface area (Å²) in [5.41, 5.74) is -0.732. The lowest BCUT2D eigenvalue weighted by Crippen LogP contribution is -2.30. The van der Waals surface area contributed by atoms with E-state index in [0.717, 1.165) is 18.2 Å². The van der Waals surface area contributed by atoms with Crippen molar-refractivity contribution in [3.05, 3.63) is 57.9 Å². The second-order valence-corrected chi connectivity index (χ2v) is 5.82. The zero-order valence-electron chi connectivity index (χ0n) is 14.6. The molecule has 0 spiro atoms. The number of hydrogen-bond donors (Lipinski definition) is 1. The summed E-state index contributed by atoms with van der Waals surface area (Å²) in [7, 11) is 0. The SMILES string of the molecule is C[C@@H](OC(=O)c1cc2c(cc1[N+](=O)[O-])OCCO2)C(=O)Nc1cccc(F)c1. The second-order valence-electron chi connectivity index (χ2n) is 5.82. The van der Waals surface area contributed by atoms with Gasteiger partial charge in [-0.3, -0.25) is 14.9 Å². The minimum Gasteiger partial charge on any atom is -0.486 e. The quantitative estimate of drug-likeness (QED) is 0.474. The zero-order chi connectivity index (χ0) is 20.3. The lowest BCUT2D eigenvalue weighted by molar-refractivity contribution is -0.385. The molecule has 0 radical (unpaired) electrons. The predicted molar refractivity (Wildman–Crippen MR) is 94.0 cm³/mol. The summed E-state index contributed by atoms with van der Waals surface area (Å²) >= 11 is 0. The van der Waals surface area contributed by atoms with Gasteiger partial charge in [-0.2, -0.15) is 0 Å². The molecular formula is C18H15FN2O7. The number of ether oxygens (including phenoxy) is 3. The highest BCUT2D eigenvalue weighted by Gasteiger charge is 2.29. The van der Waals surface area contributed by atoms with Crippen molar-refractivity contribution in [3.63, 3.8) is 0 Å². The molecule has 28 heavy (non-hydrogen) atoms. The van der Waals surface area contributed by atoms with Crippen LogP contribution in [0.3, 0.4) is 0 Å². The summed E-state index contributed by atoms with van der Waals surface area (Å²) in [6.07, 6.45) is -1.29. The van der Waals surface area contributed by atoms with Crippen molar-refractivity contribution >= 4 is 23.3 Å². The Kier molecular flexibility index (Phi) is 5.39. The van der Waals surface area contributed by atoms with E-state index >= 15 is 0 Å². The third kappa shape index (κ3) is 4.17. The van der Waals surface area contributed by atoms with Crippen LogP contribution in [0.2, 0.25) is 0 Å². The van der Waals surface area contributed by atoms with Crippen molar-refractivity contribution in [1.82, 2.24) is 0 Å². The van der Waals surface area contributed by atoms with Gasteiger partial charge < -0.3 is 19.5 Å². The molecule has 1 atom stereocenters. The van der Waals surface area contributed by atoms with Crippen LogP contribution < -0.4 is 14.8 Å². The van der Waals surface area contributed by atoms with Crippen LogP contribution in [0, 0.1) is 15.9 Å². The highest BCUT2D eigenvalue weighted by molar-refractivity contribution is 5.99. The van der Waals surface area contributed by atoms with Gasteiger partial charge in [0.1, 0.15) is 24.6 Å². The maximum absolute atomic E-state index is 13.2. The summed E-state index contributed by atoms with van der Waals surface area (Å²) < 4.78 is 28.8. The van der Waals surface area contributed by atoms with Gasteiger partial charge >= 0.3 is 5.97 Å². The van der Waals surface area contributed by atoms with E-state index in [1.807, 2.05) is 0 Å². The number of halogens is 1. The van der Waals surface area contributed by atoms with Crippen LogP contribution in [0.1, 0.15) is 17.3 Å². The Hall–Kier alpha value is -3.69. The molecule has 2 aromatic carbocycles. The summed E-state index contributed by atoms with van der Waals surface area (Å²) in [6, 6.07) is 7.38. The number of nitrogens with zero attached hydrogens (tertiary/aromatic N) is 1. The molecular weight excluding hydrogens is 375 g/mol. The molecule has 1 aliphatic rings. The molecule has 0 aliphatic carbocycles. The Labute approximate surface area is 158 Å². The average molecular weight is 390 g/mol. The third-order valence-electron chi connectivity index (χ3n) is 3.82. The number of fused-ring (bicyclic) bond motifs is 1. The van der Waals surface area contributed by atoms with E-state index in [0.29, 0.717) is 0 Å². The van der Waals surface area contributed by atoms with Gasteiger partial charge in [-0.1, -0.05) is 6.07 Å². The van der Waals surface area contributed by atoms with Crippen LogP contribution in [0.25, 0.3) is 0 Å². The fourth-order valence-electron chi connectivity index (χ4n) is 2.48. The van der Waals surface area contributed by atoms with Gasteiger partial charge in [-0.05, 0) is 25.1 Å². The van der Waals surface area contributed by atoms with Gasteiger partial charge in [-0.25, -0.2) is 9.18 Å². The third-order valence-corrected chi connectivity index (χ3v) is 3.82. The number of nitro benzene ring substituents is 1. The van der Waals surface area contributed by atoms with Crippen LogP contribution in [-0.4, -0.2) is 36.1 Å². The van der Waals surface area contributed by atoms with E-state index in [9.17, 15) is 24.1 Å². The molecule has 3 rings (SSSR count). The van der Waals surface area contributed by atoms with E-state index in [4.69, 9.17) is 14.2 Å². The molecule has 0 saturated heterocycles. The van der Waals surface area contributed by atoms with Crippen LogP contribution in [-0.2, 0) is 9.53 Å². The van der Waals surface area contributed by atoms with E-state index in [1.54, 1.807) is 0 Å². The summed E-state index contributed by atoms with van der Waals surface area (Å²) in [5.74, 6) is -2.04. The predicted octanol–water partition coefficient (Wildman–Crippen LogP) is 2.69. The van der Waals surface area contributed by atoms with Crippen LogP contribution in [0.5, 0.6) is 11.5 Å². The van der Waals surface area contributed by atoms with Gasteiger partial charge in [-0.15, -0.1) is 0 Å². The highest BCUT2D eigenvalue weighted by atomic mass is 19.1. The van der Waals surface area contributed by atoms with Gasteiger partial charge in [0.2, 0.25) is 0 Å². The molecule has 0 aromatic heterocycles. The Morgan fingerprint density at radius 1 is 1.21 bits per heavy atom. The number of esters is 1. The molecule has 1 amide bonds. The van der Waals surface area contributed by atoms with E-state index in [2.05, 4.69) is 5.32 Å². The van der Waals surface area contributed by atoms with Crippen molar-refractivity contribution in [2.75, 3.05) is 18.5 Å². The van der Waals surface area contributed by atoms with Gasteiger partial charge in [0, 0.05) is 11.8 Å². The number of carbonyl (C=O) groups excluding carboxylic acids is 2. The fraction of sp³-hybridized carbons (Fsp3) is 0.222. The number of anilines is 1. The first kappa shape index (κ1) is 19.1. The van der Waals surface area contributed by atoms with Gasteiger partial charge in [0.25, 0.3) is 11.6 Å². The molecule has 1 aliphatic heterocycles. The number of amides is 1. The first-order valence-electron chi connectivity index (χ1n) is 8.20. The molecule has 1 N–H and O–H groups in total. The Balaban J connectivity index is 1.76. The van der Waals surface area contributed by atoms with E-state index in [-0.39, 0.29) is 36.0 Å². The Morgan fingerprint density at radius 2 is 1.89 bits per heavy atom. The fourth-order valence-corrected chi connectivity index (χ4v) is 2.48. The monoisotopic (exact) mass is 390 g/mol. The number of hydrogen-bond acceptors (Lipinski definition) is 7. The summed E-state index contributed by atoms with van der Waals surface area (Å²) in [4.78, 5) is 35.1. The molecule has 0 fully saturated rings.